The molecule has 0 bridgehead atoms. The van der Waals surface area contributed by atoms with Crippen molar-refractivity contribution in [2.45, 2.75) is 110 Å². The zero-order chi connectivity index (χ0) is 25.8. The van der Waals surface area contributed by atoms with Crippen LogP contribution in [0.5, 0.6) is 5.75 Å². The lowest BCUT2D eigenvalue weighted by molar-refractivity contribution is -0.143. The molecule has 1 aromatic carbocycles. The van der Waals surface area contributed by atoms with Gasteiger partial charge in [0.1, 0.15) is 5.75 Å². The molecule has 0 fully saturated rings. The number of hydrogen-bond donors (Lipinski definition) is 0. The first-order valence-corrected chi connectivity index (χ1v) is 14.9. The monoisotopic (exact) mass is 508 g/mol. The largest absolute Gasteiger partial charge is 0.493 e. The molecule has 2 aromatic rings. The third-order valence-corrected chi connectivity index (χ3v) is 8.67. The van der Waals surface area contributed by atoms with E-state index in [1.807, 2.05) is 6.92 Å². The van der Waals surface area contributed by atoms with Crippen molar-refractivity contribution in [2.24, 2.45) is 0 Å². The topological polar surface area (TPSA) is 35.5 Å². The highest BCUT2D eigenvalue weighted by Crippen LogP contribution is 2.44. The van der Waals surface area contributed by atoms with E-state index in [1.54, 1.807) is 11.3 Å². The molecule has 0 atom stereocenters. The second kappa shape index (κ2) is 14.5. The first kappa shape index (κ1) is 28.3. The summed E-state index contributed by atoms with van der Waals surface area (Å²) >= 11 is 1.77. The summed E-state index contributed by atoms with van der Waals surface area (Å²) in [5.41, 5.74) is 4.06. The number of carbonyl (C=O) groups is 1. The number of esters is 1. The Morgan fingerprint density at radius 3 is 2.56 bits per heavy atom. The average molecular weight is 509 g/mol. The zero-order valence-corrected chi connectivity index (χ0v) is 23.7. The van der Waals surface area contributed by atoms with E-state index >= 15 is 0 Å². The molecule has 0 spiro atoms. The molecule has 1 aliphatic rings. The van der Waals surface area contributed by atoms with E-state index in [9.17, 15) is 4.79 Å². The summed E-state index contributed by atoms with van der Waals surface area (Å²) in [6.07, 6.45) is 12.8. The Hall–Kier alpha value is -2.25. The Morgan fingerprint density at radius 2 is 1.81 bits per heavy atom. The molecular weight excluding hydrogens is 464 g/mol. The molecule has 0 saturated heterocycles. The van der Waals surface area contributed by atoms with Crippen molar-refractivity contribution in [2.75, 3.05) is 13.2 Å². The van der Waals surface area contributed by atoms with Crippen LogP contribution in [0.15, 0.2) is 24.3 Å². The van der Waals surface area contributed by atoms with E-state index in [2.05, 4.69) is 56.9 Å². The van der Waals surface area contributed by atoms with Gasteiger partial charge in [0.15, 0.2) is 0 Å². The lowest BCUT2D eigenvalue weighted by Crippen LogP contribution is -2.32. The standard InChI is InChI=1S/C32H44O3S/c1-5-9-10-11-14-25-24-30-29(32(6-2,7-3)21-22-35-30)23-26(25)17-18-28-20-19-27(36-28)15-12-13-16-31(33)34-8-4/h19-20,23-24H,5-16,21-22H2,1-4H3. The van der Waals surface area contributed by atoms with Crippen LogP contribution in [0.1, 0.15) is 118 Å². The van der Waals surface area contributed by atoms with Crippen LogP contribution < -0.4 is 4.74 Å². The summed E-state index contributed by atoms with van der Waals surface area (Å²) in [5, 5.41) is 0. The third kappa shape index (κ3) is 7.62. The third-order valence-electron chi connectivity index (χ3n) is 7.61. The number of ether oxygens (including phenoxy) is 2. The molecule has 4 heteroatoms. The average Bonchev–Trinajstić information content (AvgIpc) is 3.35. The molecule has 0 unspecified atom stereocenters. The molecule has 0 saturated carbocycles. The van der Waals surface area contributed by atoms with Crippen LogP contribution in [-0.2, 0) is 27.8 Å². The normalized spacial score (nSPS) is 13.9. The zero-order valence-electron chi connectivity index (χ0n) is 22.8. The molecule has 1 aliphatic heterocycles. The number of rotatable bonds is 13. The first-order chi connectivity index (χ1) is 17.5. The summed E-state index contributed by atoms with van der Waals surface area (Å²) in [7, 11) is 0. The highest BCUT2D eigenvalue weighted by atomic mass is 32.1. The number of fused-ring (bicyclic) bond motifs is 1. The number of benzene rings is 1. The highest BCUT2D eigenvalue weighted by molar-refractivity contribution is 7.12. The molecule has 36 heavy (non-hydrogen) atoms. The van der Waals surface area contributed by atoms with Gasteiger partial charge in [0.25, 0.3) is 0 Å². The molecule has 1 aromatic heterocycles. The minimum Gasteiger partial charge on any atom is -0.493 e. The van der Waals surface area contributed by atoms with Gasteiger partial charge in [-0.25, -0.2) is 0 Å². The molecule has 0 radical (unpaired) electrons. The number of hydrogen-bond acceptors (Lipinski definition) is 4. The maximum atomic E-state index is 11.5. The summed E-state index contributed by atoms with van der Waals surface area (Å²) in [6, 6.07) is 8.98. The molecule has 3 rings (SSSR count). The minimum absolute atomic E-state index is 0.0913. The lowest BCUT2D eigenvalue weighted by atomic mass is 9.71. The maximum absolute atomic E-state index is 11.5. The lowest BCUT2D eigenvalue weighted by Gasteiger charge is -2.38. The van der Waals surface area contributed by atoms with Gasteiger partial charge in [0, 0.05) is 27.8 Å². The quantitative estimate of drug-likeness (QED) is 0.155. The highest BCUT2D eigenvalue weighted by Gasteiger charge is 2.35. The van der Waals surface area contributed by atoms with Crippen LogP contribution in [0.3, 0.4) is 0 Å². The minimum atomic E-state index is -0.0913. The molecule has 0 aliphatic carbocycles. The maximum Gasteiger partial charge on any atom is 0.305 e. The molecule has 0 amide bonds. The van der Waals surface area contributed by atoms with Crippen LogP contribution >= 0.6 is 11.3 Å². The van der Waals surface area contributed by atoms with E-state index in [-0.39, 0.29) is 11.4 Å². The fraction of sp³-hybridized carbons (Fsp3) is 0.594. The number of thiophene rings is 1. The second-order valence-electron chi connectivity index (χ2n) is 9.93. The predicted octanol–water partition coefficient (Wildman–Crippen LogP) is 8.39. The number of unbranched alkanes of at least 4 members (excludes halogenated alkanes) is 4. The number of carbonyl (C=O) groups excluding carboxylic acids is 1. The van der Waals surface area contributed by atoms with Gasteiger partial charge < -0.3 is 9.47 Å². The number of aryl methyl sites for hydroxylation is 2. The van der Waals surface area contributed by atoms with E-state index in [0.29, 0.717) is 13.0 Å². The van der Waals surface area contributed by atoms with Crippen molar-refractivity contribution in [3.63, 3.8) is 0 Å². The van der Waals surface area contributed by atoms with E-state index < -0.39 is 0 Å². The van der Waals surface area contributed by atoms with Crippen LogP contribution in [0.2, 0.25) is 0 Å². The molecule has 2 heterocycles. The summed E-state index contributed by atoms with van der Waals surface area (Å²) in [5.74, 6) is 8.03. The van der Waals surface area contributed by atoms with Crippen LogP contribution in [-0.4, -0.2) is 19.2 Å². The second-order valence-corrected chi connectivity index (χ2v) is 11.1. The van der Waals surface area contributed by atoms with Crippen molar-refractivity contribution in [1.82, 2.24) is 0 Å². The van der Waals surface area contributed by atoms with Crippen molar-refractivity contribution in [1.29, 1.82) is 0 Å². The Balaban J connectivity index is 1.77. The summed E-state index contributed by atoms with van der Waals surface area (Å²) < 4.78 is 11.2. The van der Waals surface area contributed by atoms with Gasteiger partial charge >= 0.3 is 5.97 Å². The summed E-state index contributed by atoms with van der Waals surface area (Å²) in [6.45, 7) is 10.00. The van der Waals surface area contributed by atoms with Crippen LogP contribution in [0.25, 0.3) is 0 Å². The fourth-order valence-electron chi connectivity index (χ4n) is 5.21. The smallest absolute Gasteiger partial charge is 0.305 e. The molecular formula is C32H44O3S. The Labute approximate surface area is 223 Å². The van der Waals surface area contributed by atoms with Gasteiger partial charge in [-0.2, -0.15) is 0 Å². The van der Waals surface area contributed by atoms with Crippen LogP contribution in [0.4, 0.5) is 0 Å². The van der Waals surface area contributed by atoms with Gasteiger partial charge in [-0.15, -0.1) is 11.3 Å². The van der Waals surface area contributed by atoms with E-state index in [0.717, 1.165) is 62.2 Å². The molecule has 3 nitrogen and oxygen atoms in total. The van der Waals surface area contributed by atoms with Crippen molar-refractivity contribution in [3.05, 3.63) is 50.7 Å². The van der Waals surface area contributed by atoms with Crippen molar-refractivity contribution < 1.29 is 14.3 Å². The Bertz CT molecular complexity index is 1040. The first-order valence-electron chi connectivity index (χ1n) is 14.1. The van der Waals surface area contributed by atoms with Crippen molar-refractivity contribution in [3.8, 4) is 17.6 Å². The Morgan fingerprint density at radius 1 is 1.00 bits per heavy atom. The molecule has 196 valence electrons. The predicted molar refractivity (Wildman–Crippen MR) is 151 cm³/mol. The van der Waals surface area contributed by atoms with Gasteiger partial charge in [0.2, 0.25) is 0 Å². The Kier molecular flexibility index (Phi) is 11.4. The van der Waals surface area contributed by atoms with E-state index in [1.165, 1.54) is 47.3 Å². The van der Waals surface area contributed by atoms with Gasteiger partial charge in [-0.1, -0.05) is 51.9 Å². The van der Waals surface area contributed by atoms with Gasteiger partial charge in [0.05, 0.1) is 18.1 Å². The summed E-state index contributed by atoms with van der Waals surface area (Å²) in [4.78, 5) is 14.0. The van der Waals surface area contributed by atoms with Crippen molar-refractivity contribution >= 4 is 17.3 Å². The van der Waals surface area contributed by atoms with Gasteiger partial charge in [-0.3, -0.25) is 4.79 Å². The SMILES string of the molecule is CCCCCCc1cc2c(cc1C#Cc1ccc(CCCCC(=O)OCC)s1)C(CC)(CC)CCO2. The fourth-order valence-corrected chi connectivity index (χ4v) is 6.11. The van der Waals surface area contributed by atoms with Gasteiger partial charge in [-0.05, 0) is 88.1 Å². The van der Waals surface area contributed by atoms with E-state index in [4.69, 9.17) is 9.47 Å². The van der Waals surface area contributed by atoms with Crippen LogP contribution in [0, 0.1) is 11.8 Å². The molecule has 0 N–H and O–H groups in total.